The Morgan fingerprint density at radius 3 is 2.36 bits per heavy atom. The number of nitrogens with zero attached hydrogens (tertiary/aromatic N) is 2. The van der Waals surface area contributed by atoms with Gasteiger partial charge in [0.25, 0.3) is 0 Å². The first kappa shape index (κ1) is 19.2. The highest BCUT2D eigenvalue weighted by Gasteiger charge is 1.99. The second-order valence-electron chi connectivity index (χ2n) is 4.85. The van der Waals surface area contributed by atoms with Crippen LogP contribution in [0.4, 0.5) is 0 Å². The molecular formula is C18H15Cl2N3OS. The molecule has 1 N–H and O–H groups in total. The fourth-order valence-electron chi connectivity index (χ4n) is 1.88. The Morgan fingerprint density at radius 2 is 1.72 bits per heavy atom. The van der Waals surface area contributed by atoms with Gasteiger partial charge in [-0.1, -0.05) is 41.4 Å². The summed E-state index contributed by atoms with van der Waals surface area (Å²) in [4.78, 5) is 19.0. The summed E-state index contributed by atoms with van der Waals surface area (Å²) in [5.41, 5.74) is 2.87. The van der Waals surface area contributed by atoms with Crippen LogP contribution in [0.2, 0.25) is 10.0 Å². The molecule has 2 aromatic carbocycles. The van der Waals surface area contributed by atoms with E-state index in [-0.39, 0.29) is 0 Å². The summed E-state index contributed by atoms with van der Waals surface area (Å²) in [6.45, 7) is 1.94. The van der Waals surface area contributed by atoms with Crippen LogP contribution in [0.3, 0.4) is 0 Å². The third kappa shape index (κ3) is 6.74. The summed E-state index contributed by atoms with van der Waals surface area (Å²) < 4.78 is 2.47. The lowest BCUT2D eigenvalue weighted by Crippen LogP contribution is -1.96. The molecule has 0 fully saturated rings. The van der Waals surface area contributed by atoms with E-state index in [2.05, 4.69) is 14.7 Å². The fourth-order valence-corrected chi connectivity index (χ4v) is 2.84. The van der Waals surface area contributed by atoms with Crippen LogP contribution in [0.5, 0.6) is 0 Å². The van der Waals surface area contributed by atoms with Gasteiger partial charge in [-0.25, -0.2) is 9.97 Å². The van der Waals surface area contributed by atoms with Crippen molar-refractivity contribution < 1.29 is 4.79 Å². The van der Waals surface area contributed by atoms with Crippen LogP contribution >= 0.6 is 35.1 Å². The summed E-state index contributed by atoms with van der Waals surface area (Å²) in [6, 6.07) is 16.8. The zero-order chi connectivity index (χ0) is 18.1. The van der Waals surface area contributed by atoms with Gasteiger partial charge in [-0.2, -0.15) is 0 Å². The highest BCUT2D eigenvalue weighted by atomic mass is 35.5. The Balaban J connectivity index is 0.000000186. The van der Waals surface area contributed by atoms with Gasteiger partial charge in [0, 0.05) is 26.2 Å². The second kappa shape index (κ2) is 10.0. The van der Waals surface area contributed by atoms with Gasteiger partial charge in [0.05, 0.1) is 5.69 Å². The highest BCUT2D eigenvalue weighted by molar-refractivity contribution is 7.97. The average molecular weight is 392 g/mol. The topological polar surface area (TPSA) is 54.9 Å². The molecule has 4 nitrogen and oxygen atoms in total. The first-order valence-electron chi connectivity index (χ1n) is 7.24. The van der Waals surface area contributed by atoms with Gasteiger partial charge in [0.15, 0.2) is 0 Å². The van der Waals surface area contributed by atoms with Crippen molar-refractivity contribution in [3.05, 3.63) is 76.7 Å². The Labute approximate surface area is 160 Å². The lowest BCUT2D eigenvalue weighted by Gasteiger charge is -2.01. The summed E-state index contributed by atoms with van der Waals surface area (Å²) in [5.74, 6) is 0. The molecule has 1 heterocycles. The number of halogens is 2. The Hall–Kier alpha value is -2.08. The number of aryl methyl sites for hydroxylation is 1. The molecule has 0 aliphatic carbocycles. The molecule has 3 aromatic rings. The third-order valence-electron chi connectivity index (χ3n) is 2.95. The maximum Gasteiger partial charge on any atom is 0.217 e. The van der Waals surface area contributed by atoms with Crippen molar-refractivity contribution in [2.45, 2.75) is 11.8 Å². The number of carbonyl (C=O) groups excluding carboxylic acids is 1. The lowest BCUT2D eigenvalue weighted by molar-refractivity contribution is -0.107. The summed E-state index contributed by atoms with van der Waals surface area (Å²) in [6.07, 6.45) is 2.19. The number of nitrogens with one attached hydrogen (secondary N) is 1. The Morgan fingerprint density at radius 1 is 1.00 bits per heavy atom. The number of rotatable bonds is 4. The molecule has 0 radical (unpaired) electrons. The van der Waals surface area contributed by atoms with E-state index in [4.69, 9.17) is 23.2 Å². The number of amides is 1. The van der Waals surface area contributed by atoms with Crippen molar-refractivity contribution >= 4 is 41.6 Å². The van der Waals surface area contributed by atoms with Crippen molar-refractivity contribution in [3.8, 4) is 11.3 Å². The van der Waals surface area contributed by atoms with Crippen LogP contribution in [0.1, 0.15) is 5.69 Å². The van der Waals surface area contributed by atoms with Crippen LogP contribution in [0.25, 0.3) is 11.3 Å². The van der Waals surface area contributed by atoms with Gasteiger partial charge in [0.2, 0.25) is 6.41 Å². The van der Waals surface area contributed by atoms with Crippen LogP contribution in [0, 0.1) is 6.92 Å². The number of benzene rings is 2. The van der Waals surface area contributed by atoms with Gasteiger partial charge in [0.1, 0.15) is 6.33 Å². The SMILES string of the molecule is Cc1cc(-c2cccc(Cl)c2)ncn1.O=CNSc1cccc(Cl)c1. The van der Waals surface area contributed by atoms with Crippen molar-refractivity contribution in [3.63, 3.8) is 0 Å². The van der Waals surface area contributed by atoms with E-state index in [1.165, 1.54) is 11.9 Å². The monoisotopic (exact) mass is 391 g/mol. The molecule has 25 heavy (non-hydrogen) atoms. The van der Waals surface area contributed by atoms with Gasteiger partial charge < -0.3 is 0 Å². The molecule has 0 spiro atoms. The normalized spacial score (nSPS) is 9.72. The number of aromatic nitrogens is 2. The van der Waals surface area contributed by atoms with Crippen molar-refractivity contribution in [1.82, 2.24) is 14.7 Å². The predicted molar refractivity (Wildman–Crippen MR) is 104 cm³/mol. The minimum atomic E-state index is 0.631. The Bertz CT molecular complexity index is 802. The minimum Gasteiger partial charge on any atom is -0.299 e. The number of hydrogen-bond acceptors (Lipinski definition) is 4. The average Bonchev–Trinajstić information content (AvgIpc) is 2.61. The molecule has 0 bridgehead atoms. The van der Waals surface area contributed by atoms with Crippen molar-refractivity contribution in [1.29, 1.82) is 0 Å². The molecular weight excluding hydrogens is 377 g/mol. The first-order chi connectivity index (χ1) is 12.1. The number of hydrogen-bond donors (Lipinski definition) is 1. The smallest absolute Gasteiger partial charge is 0.217 e. The zero-order valence-corrected chi connectivity index (χ0v) is 15.6. The molecule has 7 heteroatoms. The fraction of sp³-hybridized carbons (Fsp3) is 0.0556. The van der Waals surface area contributed by atoms with Crippen LogP contribution in [-0.4, -0.2) is 16.4 Å². The maximum absolute atomic E-state index is 9.90. The highest BCUT2D eigenvalue weighted by Crippen LogP contribution is 2.20. The van der Waals surface area contributed by atoms with Gasteiger partial charge in [-0.05, 0) is 55.3 Å². The quantitative estimate of drug-likeness (QED) is 0.490. The van der Waals surface area contributed by atoms with E-state index in [1.807, 2.05) is 49.4 Å². The minimum absolute atomic E-state index is 0.631. The van der Waals surface area contributed by atoms with Crippen LogP contribution in [0.15, 0.2) is 65.8 Å². The predicted octanol–water partition coefficient (Wildman–Crippen LogP) is 5.20. The molecule has 128 valence electrons. The largest absolute Gasteiger partial charge is 0.299 e. The van der Waals surface area contributed by atoms with E-state index in [1.54, 1.807) is 18.5 Å². The van der Waals surface area contributed by atoms with Crippen molar-refractivity contribution in [2.24, 2.45) is 0 Å². The van der Waals surface area contributed by atoms with Gasteiger partial charge in [-0.3, -0.25) is 9.52 Å². The summed E-state index contributed by atoms with van der Waals surface area (Å²) in [5, 5.41) is 1.39. The molecule has 3 rings (SSSR count). The number of carbonyl (C=O) groups is 1. The second-order valence-corrected chi connectivity index (χ2v) is 6.63. The van der Waals surface area contributed by atoms with Gasteiger partial charge in [-0.15, -0.1) is 0 Å². The molecule has 0 atom stereocenters. The lowest BCUT2D eigenvalue weighted by atomic mass is 10.1. The van der Waals surface area contributed by atoms with Crippen LogP contribution in [-0.2, 0) is 4.79 Å². The zero-order valence-electron chi connectivity index (χ0n) is 13.3. The molecule has 1 amide bonds. The molecule has 0 unspecified atom stereocenters. The van der Waals surface area contributed by atoms with E-state index in [0.717, 1.165) is 26.9 Å². The van der Waals surface area contributed by atoms with Crippen molar-refractivity contribution in [2.75, 3.05) is 0 Å². The maximum atomic E-state index is 9.90. The van der Waals surface area contributed by atoms with E-state index in [0.29, 0.717) is 11.4 Å². The molecule has 0 aliphatic rings. The molecule has 0 saturated carbocycles. The van der Waals surface area contributed by atoms with E-state index in [9.17, 15) is 4.79 Å². The summed E-state index contributed by atoms with van der Waals surface area (Å²) in [7, 11) is 0. The summed E-state index contributed by atoms with van der Waals surface area (Å²) >= 11 is 12.8. The van der Waals surface area contributed by atoms with E-state index < -0.39 is 0 Å². The standard InChI is InChI=1S/C11H9ClN2.C7H6ClNOS/c1-8-5-11(14-7-13-8)9-3-2-4-10(12)6-9;8-6-2-1-3-7(4-6)11-9-5-10/h2-7H,1H3;1-5H,(H,9,10). The molecule has 0 aliphatic heterocycles. The third-order valence-corrected chi connectivity index (χ3v) is 4.12. The molecule has 0 saturated heterocycles. The van der Waals surface area contributed by atoms with Crippen LogP contribution < -0.4 is 4.72 Å². The molecule has 1 aromatic heterocycles. The Kier molecular flexibility index (Phi) is 7.73. The van der Waals surface area contributed by atoms with E-state index >= 15 is 0 Å². The van der Waals surface area contributed by atoms with Gasteiger partial charge >= 0.3 is 0 Å². The first-order valence-corrected chi connectivity index (χ1v) is 8.82.